The van der Waals surface area contributed by atoms with Crippen molar-refractivity contribution in [3.63, 3.8) is 0 Å². The van der Waals surface area contributed by atoms with Crippen LogP contribution in [0.3, 0.4) is 0 Å². The van der Waals surface area contributed by atoms with Crippen LogP contribution in [0.25, 0.3) is 10.9 Å². The minimum atomic E-state index is -0.353. The molecule has 0 fully saturated rings. The average molecular weight is 446 g/mol. The van der Waals surface area contributed by atoms with Crippen molar-refractivity contribution in [3.8, 4) is 0 Å². The number of rotatable bonds is 5. The number of carbonyl (C=O) groups is 1. The van der Waals surface area contributed by atoms with Crippen LogP contribution in [0.4, 0.5) is 0 Å². The Morgan fingerprint density at radius 1 is 1.30 bits per heavy atom. The van der Waals surface area contributed by atoms with Crippen LogP contribution in [0.15, 0.2) is 42.5 Å². The Bertz CT molecular complexity index is 1020. The SMILES string of the molecule is CC.COC(=O)C1CN(SNCc2cccc(C)c2)Cc2[nH]c3ccc(Cl)cc3c21. The summed E-state index contributed by atoms with van der Waals surface area (Å²) in [7, 11) is 1.44. The zero-order valence-electron chi connectivity index (χ0n) is 17.8. The fourth-order valence-corrected chi connectivity index (χ4v) is 4.74. The maximum atomic E-state index is 12.5. The van der Waals surface area contributed by atoms with Crippen molar-refractivity contribution < 1.29 is 9.53 Å². The number of aromatic amines is 1. The van der Waals surface area contributed by atoms with Crippen molar-refractivity contribution >= 4 is 40.6 Å². The Morgan fingerprint density at radius 3 is 2.83 bits per heavy atom. The number of aromatic nitrogens is 1. The molecule has 1 aliphatic rings. The number of benzene rings is 2. The first kappa shape index (κ1) is 22.7. The summed E-state index contributed by atoms with van der Waals surface area (Å²) in [5.74, 6) is -0.583. The van der Waals surface area contributed by atoms with Gasteiger partial charge in [0.15, 0.2) is 0 Å². The maximum Gasteiger partial charge on any atom is 0.314 e. The van der Waals surface area contributed by atoms with E-state index in [9.17, 15) is 4.79 Å². The first-order valence-electron chi connectivity index (χ1n) is 10.1. The van der Waals surface area contributed by atoms with E-state index in [2.05, 4.69) is 45.2 Å². The summed E-state index contributed by atoms with van der Waals surface area (Å²) in [6.45, 7) is 8.12. The summed E-state index contributed by atoms with van der Waals surface area (Å²) < 4.78 is 10.6. The highest BCUT2D eigenvalue weighted by Gasteiger charge is 2.34. The number of carbonyl (C=O) groups excluding carboxylic acids is 1. The monoisotopic (exact) mass is 445 g/mol. The van der Waals surface area contributed by atoms with E-state index in [-0.39, 0.29) is 11.9 Å². The quantitative estimate of drug-likeness (QED) is 0.396. The van der Waals surface area contributed by atoms with E-state index in [0.717, 1.165) is 28.7 Å². The Hall–Kier alpha value is -1.99. The molecule has 0 bridgehead atoms. The van der Waals surface area contributed by atoms with Gasteiger partial charge in [-0.3, -0.25) is 4.79 Å². The fourth-order valence-electron chi connectivity index (χ4n) is 3.73. The van der Waals surface area contributed by atoms with E-state index in [4.69, 9.17) is 16.3 Å². The van der Waals surface area contributed by atoms with Gasteiger partial charge < -0.3 is 9.72 Å². The third-order valence-electron chi connectivity index (χ3n) is 4.99. The van der Waals surface area contributed by atoms with E-state index in [1.807, 2.05) is 32.0 Å². The molecule has 0 spiro atoms. The zero-order valence-corrected chi connectivity index (χ0v) is 19.4. The predicted molar refractivity (Wildman–Crippen MR) is 125 cm³/mol. The highest BCUT2D eigenvalue weighted by atomic mass is 35.5. The summed E-state index contributed by atoms with van der Waals surface area (Å²) in [5.41, 5.74) is 5.50. The topological polar surface area (TPSA) is 57.4 Å². The van der Waals surface area contributed by atoms with Crippen LogP contribution in [0, 0.1) is 6.92 Å². The number of esters is 1. The largest absolute Gasteiger partial charge is 0.469 e. The Labute approximate surface area is 187 Å². The lowest BCUT2D eigenvalue weighted by molar-refractivity contribution is -0.142. The van der Waals surface area contributed by atoms with Crippen LogP contribution in [0.2, 0.25) is 5.02 Å². The molecule has 0 saturated carbocycles. The number of hydrogen-bond donors (Lipinski definition) is 2. The second kappa shape index (κ2) is 10.4. The number of halogens is 1. The molecule has 0 saturated heterocycles. The molecule has 2 N–H and O–H groups in total. The maximum absolute atomic E-state index is 12.5. The Balaban J connectivity index is 0.00000124. The molecule has 2 aromatic carbocycles. The molecule has 1 unspecified atom stereocenters. The summed E-state index contributed by atoms with van der Waals surface area (Å²) in [4.78, 5) is 16.0. The van der Waals surface area contributed by atoms with Gasteiger partial charge in [-0.15, -0.1) is 0 Å². The normalized spacial score (nSPS) is 16.0. The van der Waals surface area contributed by atoms with Crippen LogP contribution in [-0.4, -0.2) is 28.9 Å². The third kappa shape index (κ3) is 5.01. The van der Waals surface area contributed by atoms with E-state index in [1.165, 1.54) is 30.4 Å². The molecule has 1 aromatic heterocycles. The molecule has 0 amide bonds. The number of ether oxygens (including phenoxy) is 1. The molecule has 2 heterocycles. The lowest BCUT2D eigenvalue weighted by Gasteiger charge is -2.30. The molecule has 3 aromatic rings. The van der Waals surface area contributed by atoms with Crippen LogP contribution >= 0.6 is 23.7 Å². The number of aryl methyl sites for hydroxylation is 1. The van der Waals surface area contributed by atoms with Gasteiger partial charge in [-0.05, 0) is 36.2 Å². The third-order valence-corrected chi connectivity index (χ3v) is 6.03. The second-order valence-corrected chi connectivity index (χ2v) is 8.43. The molecule has 160 valence electrons. The van der Waals surface area contributed by atoms with E-state index in [1.54, 1.807) is 0 Å². The highest BCUT2D eigenvalue weighted by Crippen LogP contribution is 2.38. The second-order valence-electron chi connectivity index (χ2n) is 7.01. The van der Waals surface area contributed by atoms with Gasteiger partial charge in [0.1, 0.15) is 0 Å². The van der Waals surface area contributed by atoms with Crippen molar-refractivity contribution in [1.29, 1.82) is 0 Å². The van der Waals surface area contributed by atoms with Crippen molar-refractivity contribution in [2.24, 2.45) is 0 Å². The number of nitrogens with one attached hydrogen (secondary N) is 2. The van der Waals surface area contributed by atoms with E-state index >= 15 is 0 Å². The van der Waals surface area contributed by atoms with E-state index in [0.29, 0.717) is 18.1 Å². The Morgan fingerprint density at radius 2 is 2.10 bits per heavy atom. The first-order chi connectivity index (χ1) is 14.5. The van der Waals surface area contributed by atoms with E-state index < -0.39 is 0 Å². The van der Waals surface area contributed by atoms with Gasteiger partial charge in [0, 0.05) is 46.8 Å². The summed E-state index contributed by atoms with van der Waals surface area (Å²) >= 11 is 7.73. The summed E-state index contributed by atoms with van der Waals surface area (Å²) in [5, 5.41) is 1.66. The summed E-state index contributed by atoms with van der Waals surface area (Å²) in [6, 6.07) is 14.2. The molecule has 30 heavy (non-hydrogen) atoms. The molecular formula is C23H28ClN3O2S. The lowest BCUT2D eigenvalue weighted by Crippen LogP contribution is -2.34. The molecule has 0 aliphatic carbocycles. The molecule has 0 radical (unpaired) electrons. The van der Waals surface area contributed by atoms with Crippen LogP contribution in [0.1, 0.15) is 42.1 Å². The molecule has 4 rings (SSSR count). The number of H-pyrrole nitrogens is 1. The van der Waals surface area contributed by atoms with Crippen molar-refractivity contribution in [2.75, 3.05) is 13.7 Å². The van der Waals surface area contributed by atoms with Crippen molar-refractivity contribution in [3.05, 3.63) is 69.9 Å². The van der Waals surface area contributed by atoms with Gasteiger partial charge in [-0.2, -0.15) is 0 Å². The first-order valence-corrected chi connectivity index (χ1v) is 11.3. The van der Waals surface area contributed by atoms with Gasteiger partial charge in [0.25, 0.3) is 0 Å². The number of methoxy groups -OCH3 is 1. The smallest absolute Gasteiger partial charge is 0.314 e. The van der Waals surface area contributed by atoms with Gasteiger partial charge in [-0.25, -0.2) is 9.03 Å². The highest BCUT2D eigenvalue weighted by molar-refractivity contribution is 7.95. The van der Waals surface area contributed by atoms with Crippen LogP contribution in [0.5, 0.6) is 0 Å². The zero-order chi connectivity index (χ0) is 21.7. The number of nitrogens with zero attached hydrogens (tertiary/aromatic N) is 1. The predicted octanol–water partition coefficient (Wildman–Crippen LogP) is 5.58. The van der Waals surface area contributed by atoms with Crippen LogP contribution < -0.4 is 4.72 Å². The van der Waals surface area contributed by atoms with Crippen molar-refractivity contribution in [1.82, 2.24) is 14.0 Å². The number of fused-ring (bicyclic) bond motifs is 3. The molecule has 5 nitrogen and oxygen atoms in total. The average Bonchev–Trinajstić information content (AvgIpc) is 3.11. The van der Waals surface area contributed by atoms with Crippen LogP contribution in [-0.2, 0) is 22.6 Å². The minimum Gasteiger partial charge on any atom is -0.469 e. The molecule has 7 heteroatoms. The van der Waals surface area contributed by atoms with Gasteiger partial charge in [0.05, 0.1) is 19.6 Å². The van der Waals surface area contributed by atoms with Crippen molar-refractivity contribution in [2.45, 2.75) is 39.8 Å². The molecule has 1 aliphatic heterocycles. The molecule has 1 atom stereocenters. The Kier molecular flexibility index (Phi) is 7.83. The van der Waals surface area contributed by atoms with Gasteiger partial charge in [-0.1, -0.05) is 55.3 Å². The van der Waals surface area contributed by atoms with Gasteiger partial charge >= 0.3 is 5.97 Å². The fraction of sp³-hybridized carbons (Fsp3) is 0.348. The standard InChI is InChI=1S/C21H22ClN3O2S.C2H6/c1-13-4-3-5-14(8-13)10-23-28-25-11-17(21(26)27-2)20-16-9-15(22)6-7-18(16)24-19(20)12-25;1-2/h3-9,17,23-24H,10-12H2,1-2H3;1-2H3. The number of hydrogen-bond acceptors (Lipinski definition) is 5. The van der Waals surface area contributed by atoms with Gasteiger partial charge in [0.2, 0.25) is 0 Å². The summed E-state index contributed by atoms with van der Waals surface area (Å²) in [6.07, 6.45) is 0. The lowest BCUT2D eigenvalue weighted by atomic mass is 9.93. The molecular weight excluding hydrogens is 418 g/mol. The minimum absolute atomic E-state index is 0.230.